The molecule has 80 valence electrons. The predicted octanol–water partition coefficient (Wildman–Crippen LogP) is 3.72. The first-order valence-electron chi connectivity index (χ1n) is 4.59. The molecule has 0 aliphatic heterocycles. The normalized spacial score (nSPS) is 9.81. The Labute approximate surface area is 102 Å². The second-order valence-corrected chi connectivity index (χ2v) is 4.62. The van der Waals surface area contributed by atoms with Gasteiger partial charge in [0.2, 0.25) is 0 Å². The summed E-state index contributed by atoms with van der Waals surface area (Å²) in [6.45, 7) is 1.93. The first-order valence-corrected chi connectivity index (χ1v) is 5.78. The molecular formula is C11H8ClN3S. The molecule has 2 rings (SSSR count). The average molecular weight is 250 g/mol. The zero-order chi connectivity index (χ0) is 11.5. The van der Waals surface area contributed by atoms with Crippen molar-refractivity contribution in [3.63, 3.8) is 0 Å². The highest BCUT2D eigenvalue weighted by molar-refractivity contribution is 7.16. The van der Waals surface area contributed by atoms with Crippen LogP contribution in [0.15, 0.2) is 24.4 Å². The van der Waals surface area contributed by atoms with Crippen molar-refractivity contribution in [2.75, 3.05) is 5.32 Å². The van der Waals surface area contributed by atoms with Crippen LogP contribution in [-0.4, -0.2) is 4.98 Å². The van der Waals surface area contributed by atoms with Crippen molar-refractivity contribution in [3.8, 4) is 6.07 Å². The van der Waals surface area contributed by atoms with Gasteiger partial charge in [0.05, 0.1) is 6.20 Å². The molecule has 1 N–H and O–H groups in total. The van der Waals surface area contributed by atoms with E-state index in [-0.39, 0.29) is 0 Å². The maximum absolute atomic E-state index is 8.69. The number of rotatable bonds is 2. The Bertz CT molecular complexity index is 557. The smallest absolute Gasteiger partial charge is 0.188 e. The first-order chi connectivity index (χ1) is 7.70. The molecule has 0 fully saturated rings. The number of benzene rings is 1. The summed E-state index contributed by atoms with van der Waals surface area (Å²) in [7, 11) is 0. The Morgan fingerprint density at radius 2 is 2.31 bits per heavy atom. The van der Waals surface area contributed by atoms with E-state index >= 15 is 0 Å². The molecule has 1 aromatic carbocycles. The van der Waals surface area contributed by atoms with Crippen molar-refractivity contribution < 1.29 is 0 Å². The van der Waals surface area contributed by atoms with Crippen LogP contribution in [0.2, 0.25) is 5.02 Å². The molecule has 0 unspecified atom stereocenters. The Kier molecular flexibility index (Phi) is 3.09. The van der Waals surface area contributed by atoms with Gasteiger partial charge in [0.15, 0.2) is 5.13 Å². The van der Waals surface area contributed by atoms with E-state index in [1.165, 1.54) is 11.3 Å². The Morgan fingerprint density at radius 3 is 3.00 bits per heavy atom. The van der Waals surface area contributed by atoms with Crippen LogP contribution in [0.1, 0.15) is 10.4 Å². The number of nitrogens with zero attached hydrogens (tertiary/aromatic N) is 2. The van der Waals surface area contributed by atoms with Crippen LogP contribution in [-0.2, 0) is 0 Å². The summed E-state index contributed by atoms with van der Waals surface area (Å²) in [5.41, 5.74) is 1.88. The monoisotopic (exact) mass is 249 g/mol. The second kappa shape index (κ2) is 4.52. The third-order valence-electron chi connectivity index (χ3n) is 2.13. The highest BCUT2D eigenvalue weighted by Gasteiger charge is 2.05. The maximum Gasteiger partial charge on any atom is 0.188 e. The fraction of sp³-hybridized carbons (Fsp3) is 0.0909. The zero-order valence-corrected chi connectivity index (χ0v) is 10.1. The summed E-state index contributed by atoms with van der Waals surface area (Å²) in [4.78, 5) is 4.68. The van der Waals surface area contributed by atoms with E-state index in [0.717, 1.165) is 11.3 Å². The Hall–Kier alpha value is -1.57. The SMILES string of the molecule is Cc1c(Cl)cccc1Nc1ncc(C#N)s1. The number of halogens is 1. The minimum Gasteiger partial charge on any atom is -0.331 e. The van der Waals surface area contributed by atoms with E-state index in [1.54, 1.807) is 6.20 Å². The summed E-state index contributed by atoms with van der Waals surface area (Å²) in [5.74, 6) is 0. The molecule has 5 heteroatoms. The van der Waals surface area contributed by atoms with Gasteiger partial charge < -0.3 is 5.32 Å². The van der Waals surface area contributed by atoms with Gasteiger partial charge in [-0.05, 0) is 24.6 Å². The lowest BCUT2D eigenvalue weighted by Crippen LogP contribution is -1.92. The van der Waals surface area contributed by atoms with Gasteiger partial charge in [-0.25, -0.2) is 4.98 Å². The fourth-order valence-corrected chi connectivity index (χ4v) is 2.04. The lowest BCUT2D eigenvalue weighted by molar-refractivity contribution is 1.36. The molecule has 3 nitrogen and oxygen atoms in total. The van der Waals surface area contributed by atoms with Crippen molar-refractivity contribution in [1.82, 2.24) is 4.98 Å². The predicted molar refractivity (Wildman–Crippen MR) is 66.3 cm³/mol. The Morgan fingerprint density at radius 1 is 1.50 bits per heavy atom. The van der Waals surface area contributed by atoms with Gasteiger partial charge in [-0.15, -0.1) is 0 Å². The zero-order valence-electron chi connectivity index (χ0n) is 8.49. The van der Waals surface area contributed by atoms with Crippen LogP contribution >= 0.6 is 22.9 Å². The number of thiazole rings is 1. The van der Waals surface area contributed by atoms with E-state index in [0.29, 0.717) is 15.0 Å². The van der Waals surface area contributed by atoms with Crippen molar-refractivity contribution in [2.24, 2.45) is 0 Å². The summed E-state index contributed by atoms with van der Waals surface area (Å²) in [6, 6.07) is 7.68. The van der Waals surface area contributed by atoms with Crippen LogP contribution < -0.4 is 5.32 Å². The van der Waals surface area contributed by atoms with E-state index in [1.807, 2.05) is 31.2 Å². The van der Waals surface area contributed by atoms with Gasteiger partial charge >= 0.3 is 0 Å². The lowest BCUT2D eigenvalue weighted by atomic mass is 10.2. The van der Waals surface area contributed by atoms with Crippen molar-refractivity contribution >= 4 is 33.8 Å². The molecule has 2 aromatic rings. The molecule has 1 aromatic heterocycles. The van der Waals surface area contributed by atoms with Crippen LogP contribution in [0.3, 0.4) is 0 Å². The molecule has 0 radical (unpaired) electrons. The van der Waals surface area contributed by atoms with Gasteiger partial charge in [0, 0.05) is 10.7 Å². The number of nitrogens with one attached hydrogen (secondary N) is 1. The molecule has 1 heterocycles. The number of nitriles is 1. The molecule has 0 saturated carbocycles. The highest BCUT2D eigenvalue weighted by Crippen LogP contribution is 2.27. The van der Waals surface area contributed by atoms with E-state index in [2.05, 4.69) is 10.3 Å². The Balaban J connectivity index is 2.27. The third-order valence-corrected chi connectivity index (χ3v) is 3.35. The molecule has 0 amide bonds. The average Bonchev–Trinajstić information content (AvgIpc) is 2.73. The van der Waals surface area contributed by atoms with Crippen LogP contribution in [0, 0.1) is 18.3 Å². The molecule has 0 bridgehead atoms. The molecule has 0 spiro atoms. The van der Waals surface area contributed by atoms with Gasteiger partial charge in [0.25, 0.3) is 0 Å². The van der Waals surface area contributed by atoms with Gasteiger partial charge in [-0.1, -0.05) is 29.0 Å². The first kappa shape index (κ1) is 10.9. The molecule has 0 aliphatic carbocycles. The molecule has 0 aliphatic rings. The second-order valence-electron chi connectivity index (χ2n) is 3.18. The third kappa shape index (κ3) is 2.16. The lowest BCUT2D eigenvalue weighted by Gasteiger charge is -2.07. The maximum atomic E-state index is 8.69. The number of hydrogen-bond acceptors (Lipinski definition) is 4. The van der Waals surface area contributed by atoms with Gasteiger partial charge in [-0.3, -0.25) is 0 Å². The summed E-state index contributed by atoms with van der Waals surface area (Å²) < 4.78 is 0. The van der Waals surface area contributed by atoms with Crippen molar-refractivity contribution in [2.45, 2.75) is 6.92 Å². The molecule has 0 atom stereocenters. The molecule has 0 saturated heterocycles. The quantitative estimate of drug-likeness (QED) is 0.883. The summed E-state index contributed by atoms with van der Waals surface area (Å²) >= 11 is 7.32. The van der Waals surface area contributed by atoms with E-state index < -0.39 is 0 Å². The minimum absolute atomic E-state index is 0.585. The van der Waals surface area contributed by atoms with Crippen molar-refractivity contribution in [1.29, 1.82) is 5.26 Å². The van der Waals surface area contributed by atoms with Crippen molar-refractivity contribution in [3.05, 3.63) is 39.9 Å². The number of anilines is 2. The minimum atomic E-state index is 0.585. The van der Waals surface area contributed by atoms with Crippen LogP contribution in [0.4, 0.5) is 10.8 Å². The van der Waals surface area contributed by atoms with Crippen LogP contribution in [0.25, 0.3) is 0 Å². The summed E-state index contributed by atoms with van der Waals surface area (Å²) in [6.07, 6.45) is 1.55. The van der Waals surface area contributed by atoms with Gasteiger partial charge in [0.1, 0.15) is 10.9 Å². The standard InChI is InChI=1S/C11H8ClN3S/c1-7-9(12)3-2-4-10(7)15-11-14-6-8(5-13)16-11/h2-4,6H,1H3,(H,14,15). The topological polar surface area (TPSA) is 48.7 Å². The molecular weight excluding hydrogens is 242 g/mol. The molecule has 16 heavy (non-hydrogen) atoms. The number of hydrogen-bond donors (Lipinski definition) is 1. The fourth-order valence-electron chi connectivity index (χ4n) is 1.24. The highest BCUT2D eigenvalue weighted by atomic mass is 35.5. The van der Waals surface area contributed by atoms with E-state index in [9.17, 15) is 0 Å². The van der Waals surface area contributed by atoms with Gasteiger partial charge in [-0.2, -0.15) is 5.26 Å². The van der Waals surface area contributed by atoms with Crippen LogP contribution in [0.5, 0.6) is 0 Å². The summed E-state index contributed by atoms with van der Waals surface area (Å²) in [5, 5.41) is 13.2. The largest absolute Gasteiger partial charge is 0.331 e. The van der Waals surface area contributed by atoms with E-state index in [4.69, 9.17) is 16.9 Å². The number of aromatic nitrogens is 1.